The summed E-state index contributed by atoms with van der Waals surface area (Å²) in [6.45, 7) is 4.78. The highest BCUT2D eigenvalue weighted by Crippen LogP contribution is 2.26. The maximum absolute atomic E-state index is 13.2. The number of halogens is 4. The Bertz CT molecular complexity index is 463. The molecule has 92 valence electrons. The minimum atomic E-state index is -4.97. The molecule has 0 unspecified atom stereocenters. The van der Waals surface area contributed by atoms with Gasteiger partial charge in [0.2, 0.25) is 0 Å². The Morgan fingerprint density at radius 1 is 1.35 bits per heavy atom. The standard InChI is InChI=1S/C11H8F4O2/c1-6(2)10(16)7-3-4-9(8(12)5-7)17-11(13,14)15/h3-5H,1H2,2H3. The first-order valence-electron chi connectivity index (χ1n) is 4.46. The maximum atomic E-state index is 13.2. The third kappa shape index (κ3) is 3.58. The molecule has 1 aromatic rings. The number of allylic oxidation sites excluding steroid dienone is 1. The Kier molecular flexibility index (Phi) is 3.55. The van der Waals surface area contributed by atoms with E-state index in [4.69, 9.17) is 0 Å². The third-order valence-corrected chi connectivity index (χ3v) is 1.81. The molecule has 0 spiro atoms. The molecule has 0 aliphatic carbocycles. The Morgan fingerprint density at radius 2 is 1.94 bits per heavy atom. The molecular formula is C11H8F4O2. The van der Waals surface area contributed by atoms with Gasteiger partial charge in [0, 0.05) is 5.56 Å². The maximum Gasteiger partial charge on any atom is 0.573 e. The van der Waals surface area contributed by atoms with Crippen LogP contribution in [0, 0.1) is 5.82 Å². The number of carbonyl (C=O) groups excluding carboxylic acids is 1. The molecule has 0 saturated heterocycles. The Morgan fingerprint density at radius 3 is 2.35 bits per heavy atom. The Balaban J connectivity index is 3.02. The van der Waals surface area contributed by atoms with Crippen LogP contribution in [0.2, 0.25) is 0 Å². The lowest BCUT2D eigenvalue weighted by atomic mass is 10.1. The summed E-state index contributed by atoms with van der Waals surface area (Å²) in [5.74, 6) is -2.77. The fraction of sp³-hybridized carbons (Fsp3) is 0.182. The first kappa shape index (κ1) is 13.2. The van der Waals surface area contributed by atoms with Crippen molar-refractivity contribution in [3.05, 3.63) is 41.7 Å². The summed E-state index contributed by atoms with van der Waals surface area (Å²) in [5.41, 5.74) is 0.0819. The van der Waals surface area contributed by atoms with Crippen molar-refractivity contribution in [2.45, 2.75) is 13.3 Å². The predicted octanol–water partition coefficient (Wildman–Crippen LogP) is 3.48. The van der Waals surface area contributed by atoms with Crippen molar-refractivity contribution in [1.29, 1.82) is 0 Å². The van der Waals surface area contributed by atoms with Gasteiger partial charge in [-0.25, -0.2) is 4.39 Å². The average molecular weight is 248 g/mol. The zero-order valence-corrected chi connectivity index (χ0v) is 8.77. The van der Waals surface area contributed by atoms with Gasteiger partial charge in [0.1, 0.15) is 0 Å². The quantitative estimate of drug-likeness (QED) is 0.465. The van der Waals surface area contributed by atoms with Gasteiger partial charge in [-0.05, 0) is 30.7 Å². The van der Waals surface area contributed by atoms with Crippen LogP contribution < -0.4 is 4.74 Å². The second kappa shape index (κ2) is 4.57. The molecule has 1 aromatic carbocycles. The molecule has 0 bridgehead atoms. The monoisotopic (exact) mass is 248 g/mol. The summed E-state index contributed by atoms with van der Waals surface area (Å²) in [7, 11) is 0. The van der Waals surface area contributed by atoms with E-state index in [1.165, 1.54) is 6.92 Å². The van der Waals surface area contributed by atoms with Gasteiger partial charge < -0.3 is 4.74 Å². The highest BCUT2D eigenvalue weighted by atomic mass is 19.4. The summed E-state index contributed by atoms with van der Waals surface area (Å²) in [6.07, 6.45) is -4.97. The predicted molar refractivity (Wildman–Crippen MR) is 52.2 cm³/mol. The van der Waals surface area contributed by atoms with Crippen LogP contribution in [0.3, 0.4) is 0 Å². The third-order valence-electron chi connectivity index (χ3n) is 1.81. The van der Waals surface area contributed by atoms with Gasteiger partial charge in [0.25, 0.3) is 0 Å². The Hall–Kier alpha value is -1.85. The number of benzene rings is 1. The molecule has 0 saturated carbocycles. The van der Waals surface area contributed by atoms with Gasteiger partial charge in [0.05, 0.1) is 0 Å². The van der Waals surface area contributed by atoms with E-state index >= 15 is 0 Å². The van der Waals surface area contributed by atoms with Crippen LogP contribution in [0.25, 0.3) is 0 Å². The topological polar surface area (TPSA) is 26.3 Å². The molecule has 0 aliphatic heterocycles. The first-order valence-corrected chi connectivity index (χ1v) is 4.46. The lowest BCUT2D eigenvalue weighted by Gasteiger charge is -2.10. The smallest absolute Gasteiger partial charge is 0.403 e. The fourth-order valence-electron chi connectivity index (χ4n) is 1.10. The highest BCUT2D eigenvalue weighted by molar-refractivity contribution is 6.07. The lowest BCUT2D eigenvalue weighted by Crippen LogP contribution is -2.18. The summed E-state index contributed by atoms with van der Waals surface area (Å²) >= 11 is 0. The molecule has 0 aliphatic rings. The summed E-state index contributed by atoms with van der Waals surface area (Å²) in [4.78, 5) is 11.4. The van der Waals surface area contributed by atoms with Crippen molar-refractivity contribution in [2.24, 2.45) is 0 Å². The number of ether oxygens (including phenoxy) is 1. The average Bonchev–Trinajstić information content (AvgIpc) is 2.18. The van der Waals surface area contributed by atoms with E-state index in [0.717, 1.165) is 12.1 Å². The van der Waals surface area contributed by atoms with Crippen LogP contribution in [0.4, 0.5) is 17.6 Å². The largest absolute Gasteiger partial charge is 0.573 e. The summed E-state index contributed by atoms with van der Waals surface area (Å²) < 4.78 is 52.1. The molecule has 0 fully saturated rings. The minimum absolute atomic E-state index is 0.0791. The number of ketones is 1. The van der Waals surface area contributed by atoms with Crippen molar-refractivity contribution in [1.82, 2.24) is 0 Å². The highest BCUT2D eigenvalue weighted by Gasteiger charge is 2.32. The molecule has 17 heavy (non-hydrogen) atoms. The zero-order chi connectivity index (χ0) is 13.2. The van der Waals surface area contributed by atoms with Gasteiger partial charge in [0.15, 0.2) is 17.3 Å². The first-order chi connectivity index (χ1) is 7.70. The van der Waals surface area contributed by atoms with Crippen molar-refractivity contribution in [3.8, 4) is 5.75 Å². The Labute approximate surface area is 94.5 Å². The van der Waals surface area contributed by atoms with E-state index in [2.05, 4.69) is 11.3 Å². The molecule has 6 heteroatoms. The number of rotatable bonds is 3. The molecule has 0 atom stereocenters. The van der Waals surface area contributed by atoms with Crippen molar-refractivity contribution < 1.29 is 27.1 Å². The van der Waals surface area contributed by atoms with Crippen molar-refractivity contribution >= 4 is 5.78 Å². The second-order valence-electron chi connectivity index (χ2n) is 3.30. The van der Waals surface area contributed by atoms with Crippen LogP contribution in [0.15, 0.2) is 30.4 Å². The van der Waals surface area contributed by atoms with Crippen LogP contribution in [-0.2, 0) is 0 Å². The number of alkyl halides is 3. The normalized spacial score (nSPS) is 11.1. The number of Topliss-reactive ketones (excluding diaryl/α,β-unsaturated/α-hetero) is 1. The lowest BCUT2D eigenvalue weighted by molar-refractivity contribution is -0.275. The fourth-order valence-corrected chi connectivity index (χ4v) is 1.10. The second-order valence-corrected chi connectivity index (χ2v) is 3.30. The zero-order valence-electron chi connectivity index (χ0n) is 8.77. The van der Waals surface area contributed by atoms with Gasteiger partial charge in [-0.2, -0.15) is 0 Å². The number of hydrogen-bond acceptors (Lipinski definition) is 2. The van der Waals surface area contributed by atoms with E-state index in [0.29, 0.717) is 6.07 Å². The van der Waals surface area contributed by atoms with E-state index in [1.54, 1.807) is 0 Å². The summed E-state index contributed by atoms with van der Waals surface area (Å²) in [6, 6.07) is 2.47. The molecule has 0 heterocycles. The van der Waals surface area contributed by atoms with Gasteiger partial charge >= 0.3 is 6.36 Å². The molecule has 1 rings (SSSR count). The van der Waals surface area contributed by atoms with Crippen LogP contribution >= 0.6 is 0 Å². The van der Waals surface area contributed by atoms with Crippen LogP contribution in [0.1, 0.15) is 17.3 Å². The number of carbonyl (C=O) groups is 1. The molecule has 0 radical (unpaired) electrons. The van der Waals surface area contributed by atoms with E-state index in [9.17, 15) is 22.4 Å². The van der Waals surface area contributed by atoms with E-state index in [1.807, 2.05) is 0 Å². The molecule has 2 nitrogen and oxygen atoms in total. The summed E-state index contributed by atoms with van der Waals surface area (Å²) in [5, 5.41) is 0. The van der Waals surface area contributed by atoms with Gasteiger partial charge in [-0.1, -0.05) is 6.58 Å². The van der Waals surface area contributed by atoms with E-state index < -0.39 is 23.7 Å². The SMILES string of the molecule is C=C(C)C(=O)c1ccc(OC(F)(F)F)c(F)c1. The van der Waals surface area contributed by atoms with E-state index in [-0.39, 0.29) is 11.1 Å². The molecule has 0 aromatic heterocycles. The van der Waals surface area contributed by atoms with Crippen molar-refractivity contribution in [2.75, 3.05) is 0 Å². The molecule has 0 N–H and O–H groups in total. The van der Waals surface area contributed by atoms with Gasteiger partial charge in [-0.15, -0.1) is 13.2 Å². The van der Waals surface area contributed by atoms with Crippen molar-refractivity contribution in [3.63, 3.8) is 0 Å². The van der Waals surface area contributed by atoms with Crippen LogP contribution in [0.5, 0.6) is 5.75 Å². The van der Waals surface area contributed by atoms with Gasteiger partial charge in [-0.3, -0.25) is 4.79 Å². The molecular weight excluding hydrogens is 240 g/mol. The van der Waals surface area contributed by atoms with Crippen LogP contribution in [-0.4, -0.2) is 12.1 Å². The minimum Gasteiger partial charge on any atom is -0.403 e. The molecule has 0 amide bonds. The number of hydrogen-bond donors (Lipinski definition) is 0.